The first-order valence-electron chi connectivity index (χ1n) is 7.96. The lowest BCUT2D eigenvalue weighted by Crippen LogP contribution is -2.16. The fourth-order valence-corrected chi connectivity index (χ4v) is 2.50. The van der Waals surface area contributed by atoms with E-state index in [0.717, 1.165) is 16.9 Å². The number of hydrogen-bond acceptors (Lipinski definition) is 7. The van der Waals surface area contributed by atoms with Gasteiger partial charge in [0.1, 0.15) is 6.33 Å². The van der Waals surface area contributed by atoms with E-state index in [1.165, 1.54) is 0 Å². The van der Waals surface area contributed by atoms with Crippen LogP contribution in [0.4, 0.5) is 17.6 Å². The molecule has 4 rings (SSSR count). The highest BCUT2D eigenvalue weighted by molar-refractivity contribution is 5.58. The SMILES string of the molecule is CN(c1ccccc1)c1nc(N)nc(-n2cnc(-c3cccnc3)c2)n1. The van der Waals surface area contributed by atoms with E-state index >= 15 is 0 Å². The molecule has 8 heteroatoms. The Morgan fingerprint density at radius 2 is 1.85 bits per heavy atom. The van der Waals surface area contributed by atoms with Gasteiger partial charge in [0, 0.05) is 36.9 Å². The van der Waals surface area contributed by atoms with Crippen LogP contribution in [0.3, 0.4) is 0 Å². The minimum absolute atomic E-state index is 0.143. The molecule has 0 radical (unpaired) electrons. The molecule has 0 saturated carbocycles. The van der Waals surface area contributed by atoms with Crippen LogP contribution >= 0.6 is 0 Å². The van der Waals surface area contributed by atoms with Crippen molar-refractivity contribution in [1.29, 1.82) is 0 Å². The van der Waals surface area contributed by atoms with Crippen LogP contribution in [0.15, 0.2) is 67.4 Å². The molecule has 4 aromatic rings. The number of rotatable bonds is 4. The first-order valence-corrected chi connectivity index (χ1v) is 7.96. The number of pyridine rings is 1. The third-order valence-electron chi connectivity index (χ3n) is 3.84. The molecule has 1 aromatic carbocycles. The molecule has 2 N–H and O–H groups in total. The summed E-state index contributed by atoms with van der Waals surface area (Å²) in [5, 5.41) is 0. The molecule has 0 aliphatic heterocycles. The number of benzene rings is 1. The van der Waals surface area contributed by atoms with Gasteiger partial charge in [0.25, 0.3) is 0 Å². The van der Waals surface area contributed by atoms with E-state index in [1.54, 1.807) is 23.3 Å². The number of nitrogen functional groups attached to an aromatic ring is 1. The van der Waals surface area contributed by atoms with Gasteiger partial charge < -0.3 is 10.6 Å². The maximum Gasteiger partial charge on any atom is 0.241 e. The Hall–Kier alpha value is -3.81. The molecule has 0 aliphatic rings. The van der Waals surface area contributed by atoms with Crippen LogP contribution in [0.2, 0.25) is 0 Å². The maximum absolute atomic E-state index is 5.90. The second-order valence-corrected chi connectivity index (χ2v) is 5.60. The van der Waals surface area contributed by atoms with Gasteiger partial charge >= 0.3 is 0 Å². The van der Waals surface area contributed by atoms with Crippen molar-refractivity contribution in [3.05, 3.63) is 67.4 Å². The molecule has 0 atom stereocenters. The summed E-state index contributed by atoms with van der Waals surface area (Å²) in [6.07, 6.45) is 6.95. The van der Waals surface area contributed by atoms with Crippen molar-refractivity contribution in [1.82, 2.24) is 29.5 Å². The van der Waals surface area contributed by atoms with Crippen molar-refractivity contribution in [2.24, 2.45) is 0 Å². The number of aromatic nitrogens is 6. The van der Waals surface area contributed by atoms with Crippen molar-refractivity contribution in [3.8, 4) is 17.2 Å². The molecule has 3 heterocycles. The predicted molar refractivity (Wildman–Crippen MR) is 99.1 cm³/mol. The number of nitrogens with zero attached hydrogens (tertiary/aromatic N) is 7. The normalized spacial score (nSPS) is 10.7. The van der Waals surface area contributed by atoms with Crippen LogP contribution in [0, 0.1) is 0 Å². The number of nitrogens with two attached hydrogens (primary N) is 1. The minimum Gasteiger partial charge on any atom is -0.368 e. The molecule has 0 aliphatic carbocycles. The molecule has 128 valence electrons. The van der Waals surface area contributed by atoms with E-state index in [0.29, 0.717) is 11.9 Å². The average molecular weight is 344 g/mol. The maximum atomic E-state index is 5.90. The van der Waals surface area contributed by atoms with E-state index in [4.69, 9.17) is 5.73 Å². The standard InChI is InChI=1S/C18H16N8/c1-25(14-7-3-2-4-8-14)17-22-16(19)23-18(24-17)26-11-15(21-12-26)13-6-5-9-20-10-13/h2-12H,1H3,(H2,19,22,23,24). The zero-order valence-electron chi connectivity index (χ0n) is 14.1. The van der Waals surface area contributed by atoms with Crippen molar-refractivity contribution in [2.75, 3.05) is 17.7 Å². The van der Waals surface area contributed by atoms with Gasteiger partial charge in [-0.3, -0.25) is 9.55 Å². The fraction of sp³-hybridized carbons (Fsp3) is 0.0556. The van der Waals surface area contributed by atoms with Crippen LogP contribution in [-0.4, -0.2) is 36.5 Å². The van der Waals surface area contributed by atoms with Gasteiger partial charge in [-0.2, -0.15) is 15.0 Å². The molecule has 0 fully saturated rings. The molecule has 0 amide bonds. The van der Waals surface area contributed by atoms with Gasteiger partial charge in [-0.25, -0.2) is 4.98 Å². The Labute approximate surface area is 150 Å². The Bertz CT molecular complexity index is 1010. The van der Waals surface area contributed by atoms with E-state index < -0.39 is 0 Å². The summed E-state index contributed by atoms with van der Waals surface area (Å²) >= 11 is 0. The second-order valence-electron chi connectivity index (χ2n) is 5.60. The van der Waals surface area contributed by atoms with E-state index in [1.807, 2.05) is 60.6 Å². The molecule has 0 bridgehead atoms. The van der Waals surface area contributed by atoms with Gasteiger partial charge in [-0.05, 0) is 24.3 Å². The third-order valence-corrected chi connectivity index (χ3v) is 3.84. The van der Waals surface area contributed by atoms with Gasteiger partial charge in [-0.1, -0.05) is 18.2 Å². The Morgan fingerprint density at radius 3 is 2.62 bits per heavy atom. The lowest BCUT2D eigenvalue weighted by molar-refractivity contribution is 0.887. The molecule has 8 nitrogen and oxygen atoms in total. The average Bonchev–Trinajstić information content (AvgIpc) is 3.19. The summed E-state index contributed by atoms with van der Waals surface area (Å²) in [5.41, 5.74) is 8.53. The predicted octanol–water partition coefficient (Wildman–Crippen LogP) is 2.47. The monoisotopic (exact) mass is 344 g/mol. The zero-order valence-corrected chi connectivity index (χ0v) is 14.1. The first kappa shape index (κ1) is 15.7. The zero-order chi connectivity index (χ0) is 17.9. The molecule has 0 saturated heterocycles. The van der Waals surface area contributed by atoms with Crippen LogP contribution in [-0.2, 0) is 0 Å². The molecule has 0 spiro atoms. The summed E-state index contributed by atoms with van der Waals surface area (Å²) < 4.78 is 1.71. The summed E-state index contributed by atoms with van der Waals surface area (Å²) in [6.45, 7) is 0. The Morgan fingerprint density at radius 1 is 1.00 bits per heavy atom. The van der Waals surface area contributed by atoms with Gasteiger partial charge in [-0.15, -0.1) is 0 Å². The Balaban J connectivity index is 1.70. The third kappa shape index (κ3) is 3.07. The topological polar surface area (TPSA) is 98.6 Å². The van der Waals surface area contributed by atoms with Crippen molar-refractivity contribution in [3.63, 3.8) is 0 Å². The van der Waals surface area contributed by atoms with Crippen LogP contribution < -0.4 is 10.6 Å². The number of para-hydroxylation sites is 1. The lowest BCUT2D eigenvalue weighted by Gasteiger charge is -2.17. The highest BCUT2D eigenvalue weighted by Crippen LogP contribution is 2.21. The molecule has 26 heavy (non-hydrogen) atoms. The summed E-state index contributed by atoms with van der Waals surface area (Å²) in [4.78, 5) is 23.3. The smallest absolute Gasteiger partial charge is 0.241 e. The second kappa shape index (κ2) is 6.60. The summed E-state index contributed by atoms with van der Waals surface area (Å²) in [7, 11) is 1.88. The largest absolute Gasteiger partial charge is 0.368 e. The van der Waals surface area contributed by atoms with Crippen LogP contribution in [0.25, 0.3) is 17.2 Å². The molecular weight excluding hydrogens is 328 g/mol. The number of hydrogen-bond donors (Lipinski definition) is 1. The molecule has 3 aromatic heterocycles. The van der Waals surface area contributed by atoms with Gasteiger partial charge in [0.05, 0.1) is 5.69 Å². The highest BCUT2D eigenvalue weighted by Gasteiger charge is 2.13. The summed E-state index contributed by atoms with van der Waals surface area (Å²) in [6, 6.07) is 13.6. The summed E-state index contributed by atoms with van der Waals surface area (Å²) in [5.74, 6) is 0.998. The number of anilines is 3. The Kier molecular flexibility index (Phi) is 3.98. The van der Waals surface area contributed by atoms with Gasteiger partial charge in [0.2, 0.25) is 17.8 Å². The fourth-order valence-electron chi connectivity index (χ4n) is 2.50. The van der Waals surface area contributed by atoms with Crippen molar-refractivity contribution < 1.29 is 0 Å². The van der Waals surface area contributed by atoms with Crippen LogP contribution in [0.1, 0.15) is 0 Å². The highest BCUT2D eigenvalue weighted by atomic mass is 15.3. The first-order chi connectivity index (χ1) is 12.7. The lowest BCUT2D eigenvalue weighted by atomic mass is 10.2. The quantitative estimate of drug-likeness (QED) is 0.607. The van der Waals surface area contributed by atoms with Crippen molar-refractivity contribution in [2.45, 2.75) is 0 Å². The van der Waals surface area contributed by atoms with Gasteiger partial charge in [0.15, 0.2) is 0 Å². The number of imidazole rings is 1. The van der Waals surface area contributed by atoms with Crippen molar-refractivity contribution >= 4 is 17.6 Å². The van der Waals surface area contributed by atoms with E-state index in [9.17, 15) is 0 Å². The van der Waals surface area contributed by atoms with E-state index in [2.05, 4.69) is 24.9 Å². The minimum atomic E-state index is 0.143. The van der Waals surface area contributed by atoms with E-state index in [-0.39, 0.29) is 5.95 Å². The molecule has 0 unspecified atom stereocenters. The molecular formula is C18H16N8. The van der Waals surface area contributed by atoms with Crippen LogP contribution in [0.5, 0.6) is 0 Å².